The first-order chi connectivity index (χ1) is 22.0. The average Bonchev–Trinajstić information content (AvgIpc) is 2.99. The Balaban J connectivity index is 0. The van der Waals surface area contributed by atoms with Crippen LogP contribution in [0.2, 0.25) is 0 Å². The van der Waals surface area contributed by atoms with Crippen LogP contribution in [0, 0.1) is 21.3 Å². The second kappa shape index (κ2) is 22.6. The van der Waals surface area contributed by atoms with Crippen molar-refractivity contribution in [3.63, 3.8) is 0 Å². The van der Waals surface area contributed by atoms with Crippen molar-refractivity contribution < 1.29 is 46.8 Å². The van der Waals surface area contributed by atoms with Gasteiger partial charge in [-0.2, -0.15) is 0 Å². The van der Waals surface area contributed by atoms with Gasteiger partial charge in [0.25, 0.3) is 0 Å². The standard InChI is InChI=1S/C36H54N2O2.C3H4O4.CH4.CH3.Co/c1-9-11-17-36(8,18-12-10-2)30-20-26(4)34(40)28(22-30)24-38-32-16-14-13-15-31(32)37-23-27-21-29(35(5,6)7)19-25(3)33(27)39;4-2(5)1-3(6)7;;;/h19-24,31-32,39-40H,9-18H2,1-8H3;1H2,(H,4,5)(H,6,7);1H4;1H3;/q;;;-1;. The first-order valence-electron chi connectivity index (χ1n) is 17.2. The minimum atomic E-state index is -1.31. The van der Waals surface area contributed by atoms with E-state index in [0.717, 1.165) is 60.8 Å². The molecule has 0 bridgehead atoms. The van der Waals surface area contributed by atoms with Crippen molar-refractivity contribution >= 4 is 24.4 Å². The summed E-state index contributed by atoms with van der Waals surface area (Å²) < 4.78 is 0. The summed E-state index contributed by atoms with van der Waals surface area (Å²) in [4.78, 5) is 28.9. The van der Waals surface area contributed by atoms with Gasteiger partial charge >= 0.3 is 11.9 Å². The summed E-state index contributed by atoms with van der Waals surface area (Å²) in [5.41, 5.74) is 5.99. The van der Waals surface area contributed by atoms with Crippen LogP contribution in [0.1, 0.15) is 153 Å². The molecule has 0 aliphatic heterocycles. The predicted octanol–water partition coefficient (Wildman–Crippen LogP) is 10.1. The van der Waals surface area contributed by atoms with Gasteiger partial charge < -0.3 is 27.9 Å². The van der Waals surface area contributed by atoms with Crippen LogP contribution >= 0.6 is 0 Å². The maximum Gasteiger partial charge on any atom is 0.314 e. The number of phenols is 2. The number of phenolic OH excluding ortho intramolecular Hbond substituents is 2. The van der Waals surface area contributed by atoms with Crippen molar-refractivity contribution in [3.8, 4) is 11.5 Å². The smallest absolute Gasteiger partial charge is 0.314 e. The Kier molecular flexibility index (Phi) is 22.1. The molecule has 0 aromatic heterocycles. The Hall–Kier alpha value is -3.17. The predicted molar refractivity (Wildman–Crippen MR) is 205 cm³/mol. The largest absolute Gasteiger partial charge is 0.507 e. The number of carboxylic acids is 2. The van der Waals surface area contributed by atoms with Crippen LogP contribution in [-0.4, -0.2) is 56.9 Å². The van der Waals surface area contributed by atoms with E-state index in [0.29, 0.717) is 11.5 Å². The molecule has 285 valence electrons. The van der Waals surface area contributed by atoms with Gasteiger partial charge in [-0.1, -0.05) is 99.6 Å². The molecule has 1 fully saturated rings. The van der Waals surface area contributed by atoms with Gasteiger partial charge in [-0.25, -0.2) is 0 Å². The van der Waals surface area contributed by atoms with Gasteiger partial charge in [0.15, 0.2) is 0 Å². The summed E-state index contributed by atoms with van der Waals surface area (Å²) in [6.07, 6.45) is 14.3. The van der Waals surface area contributed by atoms with E-state index in [9.17, 15) is 19.8 Å². The number of hydrogen-bond acceptors (Lipinski definition) is 6. The number of hydrogen-bond donors (Lipinski definition) is 4. The molecule has 2 aromatic carbocycles. The van der Waals surface area contributed by atoms with E-state index < -0.39 is 18.4 Å². The molecular formula is C41H65CoN2O6-. The summed E-state index contributed by atoms with van der Waals surface area (Å²) in [5.74, 6) is -1.99. The Labute approximate surface area is 313 Å². The normalized spacial score (nSPS) is 16.1. The van der Waals surface area contributed by atoms with E-state index in [4.69, 9.17) is 20.2 Å². The van der Waals surface area contributed by atoms with E-state index in [1.165, 1.54) is 36.8 Å². The van der Waals surface area contributed by atoms with Gasteiger partial charge in [0.05, 0.1) is 12.1 Å². The minimum Gasteiger partial charge on any atom is -0.507 e. The molecule has 2 atom stereocenters. The van der Waals surface area contributed by atoms with Gasteiger partial charge in [-0.3, -0.25) is 19.6 Å². The summed E-state index contributed by atoms with van der Waals surface area (Å²) in [5, 5.41) is 37.1. The fourth-order valence-electron chi connectivity index (χ4n) is 6.06. The monoisotopic (exact) mass is 740 g/mol. The van der Waals surface area contributed by atoms with E-state index in [-0.39, 0.29) is 54.5 Å². The molecule has 1 radical (unpaired) electrons. The Morgan fingerprint density at radius 1 is 0.760 bits per heavy atom. The van der Waals surface area contributed by atoms with Crippen LogP contribution in [0.4, 0.5) is 0 Å². The number of carbonyl (C=O) groups is 2. The Morgan fingerprint density at radius 2 is 1.14 bits per heavy atom. The van der Waals surface area contributed by atoms with Crippen molar-refractivity contribution in [2.45, 2.75) is 156 Å². The Morgan fingerprint density at radius 3 is 1.48 bits per heavy atom. The molecule has 4 N–H and O–H groups in total. The zero-order chi connectivity index (χ0) is 35.4. The molecule has 1 aliphatic carbocycles. The maximum atomic E-state index is 11.0. The van der Waals surface area contributed by atoms with Gasteiger partial charge in [-0.15, -0.1) is 0 Å². The molecular weight excluding hydrogens is 675 g/mol. The van der Waals surface area contributed by atoms with E-state index in [1.54, 1.807) is 0 Å². The summed E-state index contributed by atoms with van der Waals surface area (Å²) in [6.45, 7) is 17.4. The third-order valence-electron chi connectivity index (χ3n) is 9.19. The van der Waals surface area contributed by atoms with Crippen LogP contribution < -0.4 is 0 Å². The molecule has 0 saturated heterocycles. The number of unbranched alkanes of at least 4 members (excludes halogenated alkanes) is 2. The average molecular weight is 741 g/mol. The molecule has 2 aromatic rings. The molecule has 3 rings (SSSR count). The molecule has 0 amide bonds. The number of aromatic hydroxyl groups is 2. The van der Waals surface area contributed by atoms with Crippen LogP contribution in [0.5, 0.6) is 11.5 Å². The molecule has 8 nitrogen and oxygen atoms in total. The number of benzene rings is 2. The summed E-state index contributed by atoms with van der Waals surface area (Å²) in [7, 11) is 0. The fourth-order valence-corrected chi connectivity index (χ4v) is 6.06. The zero-order valence-electron chi connectivity index (χ0n) is 31.2. The van der Waals surface area contributed by atoms with E-state index in [2.05, 4.69) is 65.8 Å². The minimum absolute atomic E-state index is 0. The van der Waals surface area contributed by atoms with Gasteiger partial charge in [0.1, 0.15) is 17.9 Å². The second-order valence-electron chi connectivity index (χ2n) is 14.4. The summed E-state index contributed by atoms with van der Waals surface area (Å²) in [6, 6.07) is 8.62. The second-order valence-corrected chi connectivity index (χ2v) is 14.4. The van der Waals surface area contributed by atoms with Crippen molar-refractivity contribution in [2.75, 3.05) is 0 Å². The van der Waals surface area contributed by atoms with Gasteiger partial charge in [0.2, 0.25) is 0 Å². The van der Waals surface area contributed by atoms with Crippen LogP contribution in [-0.2, 0) is 37.2 Å². The number of aliphatic carboxylic acids is 2. The van der Waals surface area contributed by atoms with E-state index >= 15 is 0 Å². The van der Waals surface area contributed by atoms with Crippen molar-refractivity contribution in [2.24, 2.45) is 9.98 Å². The van der Waals surface area contributed by atoms with Gasteiger partial charge in [-0.05, 0) is 84.7 Å². The van der Waals surface area contributed by atoms with Crippen LogP contribution in [0.25, 0.3) is 0 Å². The molecule has 9 heteroatoms. The molecule has 0 heterocycles. The molecule has 2 unspecified atom stereocenters. The third kappa shape index (κ3) is 15.0. The Bertz CT molecular complexity index is 1390. The van der Waals surface area contributed by atoms with Crippen molar-refractivity contribution in [1.29, 1.82) is 0 Å². The zero-order valence-corrected chi connectivity index (χ0v) is 32.3. The number of aliphatic imine (C=N–C) groups is 2. The van der Waals surface area contributed by atoms with Crippen LogP contribution in [0.15, 0.2) is 34.3 Å². The van der Waals surface area contributed by atoms with Crippen molar-refractivity contribution in [1.82, 2.24) is 0 Å². The topological polar surface area (TPSA) is 140 Å². The molecule has 0 spiro atoms. The first kappa shape index (κ1) is 48.9. The number of rotatable bonds is 13. The quantitative estimate of drug-likeness (QED) is 0.0916. The number of carboxylic acid groups (broad SMARTS) is 2. The van der Waals surface area contributed by atoms with E-state index in [1.807, 2.05) is 26.3 Å². The first-order valence-corrected chi connectivity index (χ1v) is 17.2. The molecule has 1 aliphatic rings. The maximum absolute atomic E-state index is 11.0. The number of aryl methyl sites for hydroxylation is 2. The van der Waals surface area contributed by atoms with Crippen LogP contribution in [0.3, 0.4) is 0 Å². The molecule has 50 heavy (non-hydrogen) atoms. The van der Waals surface area contributed by atoms with Crippen molar-refractivity contribution in [3.05, 3.63) is 65.1 Å². The number of nitrogens with zero attached hydrogens (tertiary/aromatic N) is 2. The fraction of sp³-hybridized carbons (Fsp3) is 0.585. The molecule has 1 saturated carbocycles. The summed E-state index contributed by atoms with van der Waals surface area (Å²) >= 11 is 0. The van der Waals surface area contributed by atoms with Gasteiger partial charge in [0, 0.05) is 40.3 Å². The third-order valence-corrected chi connectivity index (χ3v) is 9.19. The SMILES string of the molecule is C.CCCCC(C)(CCCC)c1cc(C)c(O)c(C=NC2CCCCC2N=Cc2cc(C(C)(C)C)cc(C)c2O)c1.O=C(O)CC(=O)O.[CH3-].[Co].